The molecule has 0 saturated carbocycles. The molecule has 2 unspecified atom stereocenters. The van der Waals surface area contributed by atoms with Gasteiger partial charge in [-0.05, 0) is 28.8 Å². The molecule has 9 heteroatoms. The number of nitrogens with zero attached hydrogens (tertiary/aromatic N) is 2. The molecule has 2 N–H and O–H groups in total. The van der Waals surface area contributed by atoms with E-state index in [-0.39, 0.29) is 11.3 Å². The third kappa shape index (κ3) is 5.40. The van der Waals surface area contributed by atoms with E-state index in [1.54, 1.807) is 34.9 Å². The fourth-order valence-electron chi connectivity index (χ4n) is 4.67. The Morgan fingerprint density at radius 3 is 2.26 bits per heavy atom. The number of aromatic nitrogens is 1. The van der Waals surface area contributed by atoms with Gasteiger partial charge in [-0.25, -0.2) is 9.78 Å². The molecule has 1 saturated heterocycles. The number of nitrogens with two attached hydrogens (primary N) is 1. The van der Waals surface area contributed by atoms with Crippen LogP contribution in [0.2, 0.25) is 0 Å². The largest absolute Gasteiger partial charge is 0.448 e. The van der Waals surface area contributed by atoms with Gasteiger partial charge in [-0.3, -0.25) is 9.69 Å². The zero-order valence-electron chi connectivity index (χ0n) is 20.8. The third-order valence-corrected chi connectivity index (χ3v) is 10.0. The molecule has 1 amide bonds. The van der Waals surface area contributed by atoms with E-state index in [9.17, 15) is 9.59 Å². The predicted octanol–water partition coefficient (Wildman–Crippen LogP) is 5.67. The summed E-state index contributed by atoms with van der Waals surface area (Å²) in [7, 11) is 0. The van der Waals surface area contributed by atoms with Crippen molar-refractivity contribution >= 4 is 46.7 Å². The van der Waals surface area contributed by atoms with Crippen molar-refractivity contribution in [1.29, 1.82) is 0 Å². The van der Waals surface area contributed by atoms with Crippen LogP contribution in [-0.4, -0.2) is 38.9 Å². The summed E-state index contributed by atoms with van der Waals surface area (Å²) in [6.07, 6.45) is 1.75. The molecule has 196 valence electrons. The van der Waals surface area contributed by atoms with E-state index in [0.29, 0.717) is 17.9 Å². The van der Waals surface area contributed by atoms with E-state index in [4.69, 9.17) is 10.5 Å². The number of carbonyl (C=O) groups is 2. The van der Waals surface area contributed by atoms with Crippen LogP contribution in [0.5, 0.6) is 0 Å². The molecule has 0 radical (unpaired) electrons. The maximum absolute atomic E-state index is 13.9. The molecular formula is C30H25N3O3S3. The minimum atomic E-state index is -0.615. The third-order valence-electron chi connectivity index (χ3n) is 6.58. The van der Waals surface area contributed by atoms with Crippen molar-refractivity contribution in [1.82, 2.24) is 9.88 Å². The standard InChI is InChI=1S/C30H25N3O3S3/c31-24-27(34)33-25(29(35)36-26(19-10-4-1-5-11-19)20-12-6-2-7-13-20)21(18-37-28(24)33)16-23-17-32-30(39-23)38-22-14-8-3-9-15-22/h1-15,17,24,26,28H,16,18,31H2. The first-order valence-corrected chi connectivity index (χ1v) is 15.2. The van der Waals surface area contributed by atoms with Crippen LogP contribution in [0.4, 0.5) is 0 Å². The van der Waals surface area contributed by atoms with Gasteiger partial charge in [0.1, 0.15) is 17.1 Å². The summed E-state index contributed by atoms with van der Waals surface area (Å²) in [5.41, 5.74) is 8.98. The highest BCUT2D eigenvalue weighted by Gasteiger charge is 2.52. The van der Waals surface area contributed by atoms with Crippen LogP contribution in [-0.2, 0) is 20.7 Å². The normalized spacial score (nSPS) is 18.6. The van der Waals surface area contributed by atoms with Crippen LogP contribution in [0.1, 0.15) is 22.1 Å². The minimum absolute atomic E-state index is 0.253. The van der Waals surface area contributed by atoms with Gasteiger partial charge in [0.25, 0.3) is 0 Å². The molecule has 1 fully saturated rings. The first-order chi connectivity index (χ1) is 19.1. The van der Waals surface area contributed by atoms with Gasteiger partial charge in [-0.1, -0.05) is 90.6 Å². The molecule has 3 heterocycles. The van der Waals surface area contributed by atoms with Gasteiger partial charge >= 0.3 is 5.97 Å². The molecular weight excluding hydrogens is 547 g/mol. The average molecular weight is 572 g/mol. The highest BCUT2D eigenvalue weighted by molar-refractivity contribution is 8.01. The highest BCUT2D eigenvalue weighted by atomic mass is 32.2. The summed E-state index contributed by atoms with van der Waals surface area (Å²) >= 11 is 4.79. The van der Waals surface area contributed by atoms with Gasteiger partial charge in [-0.15, -0.1) is 23.1 Å². The molecule has 4 aromatic rings. The maximum atomic E-state index is 13.9. The average Bonchev–Trinajstić information content (AvgIpc) is 3.43. The van der Waals surface area contributed by atoms with E-state index in [0.717, 1.165) is 30.8 Å². The van der Waals surface area contributed by atoms with Crippen LogP contribution >= 0.6 is 34.9 Å². The van der Waals surface area contributed by atoms with Crippen LogP contribution in [0.25, 0.3) is 0 Å². The Labute approximate surface area is 239 Å². The zero-order valence-corrected chi connectivity index (χ0v) is 23.3. The summed E-state index contributed by atoms with van der Waals surface area (Å²) in [6, 6.07) is 28.8. The lowest BCUT2D eigenvalue weighted by atomic mass is 10.00. The second-order valence-corrected chi connectivity index (χ2v) is 12.7. The van der Waals surface area contributed by atoms with Gasteiger partial charge < -0.3 is 10.5 Å². The van der Waals surface area contributed by atoms with Crippen LogP contribution in [0, 0.1) is 0 Å². The van der Waals surface area contributed by atoms with Crippen molar-refractivity contribution in [3.05, 3.63) is 124 Å². The molecule has 0 aliphatic carbocycles. The Kier molecular flexibility index (Phi) is 7.56. The fourth-order valence-corrected chi connectivity index (χ4v) is 8.02. The summed E-state index contributed by atoms with van der Waals surface area (Å²) < 4.78 is 7.12. The predicted molar refractivity (Wildman–Crippen MR) is 155 cm³/mol. The minimum Gasteiger partial charge on any atom is -0.448 e. The Morgan fingerprint density at radius 2 is 1.62 bits per heavy atom. The smallest absolute Gasteiger partial charge is 0.356 e. The van der Waals surface area contributed by atoms with Crippen LogP contribution in [0.3, 0.4) is 0 Å². The number of carbonyl (C=O) groups excluding carboxylic acids is 2. The van der Waals surface area contributed by atoms with Crippen LogP contribution < -0.4 is 5.73 Å². The fraction of sp³-hybridized carbons (Fsp3) is 0.167. The Hall–Kier alpha value is -3.37. The molecule has 0 spiro atoms. The first-order valence-electron chi connectivity index (χ1n) is 12.5. The summed E-state index contributed by atoms with van der Waals surface area (Å²) in [6.45, 7) is 0. The molecule has 2 atom stereocenters. The molecule has 1 aromatic heterocycles. The van der Waals surface area contributed by atoms with E-state index in [1.807, 2.05) is 85.1 Å². The van der Waals surface area contributed by atoms with Crippen LogP contribution in [0.15, 0.2) is 118 Å². The Balaban J connectivity index is 1.30. The summed E-state index contributed by atoms with van der Waals surface area (Å²) in [5.74, 6) is -0.179. The van der Waals surface area contributed by atoms with Crippen molar-refractivity contribution < 1.29 is 14.3 Å². The topological polar surface area (TPSA) is 85.5 Å². The lowest BCUT2D eigenvalue weighted by Crippen LogP contribution is -2.68. The molecule has 39 heavy (non-hydrogen) atoms. The van der Waals surface area contributed by atoms with Crippen molar-refractivity contribution in [2.75, 3.05) is 5.75 Å². The van der Waals surface area contributed by atoms with Crippen molar-refractivity contribution in [3.8, 4) is 0 Å². The lowest BCUT2D eigenvalue weighted by molar-refractivity contribution is -0.153. The molecule has 2 aliphatic heterocycles. The van der Waals surface area contributed by atoms with E-state index in [2.05, 4.69) is 17.1 Å². The zero-order chi connectivity index (χ0) is 26.8. The van der Waals surface area contributed by atoms with Crippen molar-refractivity contribution in [2.45, 2.75) is 33.2 Å². The number of thiazole rings is 1. The second kappa shape index (κ2) is 11.4. The number of hydrogen-bond donors (Lipinski definition) is 1. The number of amides is 1. The van der Waals surface area contributed by atoms with Gasteiger partial charge in [0.15, 0.2) is 10.4 Å². The number of ether oxygens (including phenoxy) is 1. The van der Waals surface area contributed by atoms with E-state index >= 15 is 0 Å². The summed E-state index contributed by atoms with van der Waals surface area (Å²) in [4.78, 5) is 35.0. The number of hydrogen-bond acceptors (Lipinski definition) is 8. The quantitative estimate of drug-likeness (QED) is 0.216. The van der Waals surface area contributed by atoms with Gasteiger partial charge in [0.05, 0.1) is 0 Å². The van der Waals surface area contributed by atoms with Gasteiger partial charge in [0.2, 0.25) is 5.91 Å². The Morgan fingerprint density at radius 1 is 1.00 bits per heavy atom. The molecule has 3 aromatic carbocycles. The Bertz CT molecular complexity index is 1470. The lowest BCUT2D eigenvalue weighted by Gasteiger charge is -2.48. The number of esters is 1. The van der Waals surface area contributed by atoms with Crippen molar-refractivity contribution in [3.63, 3.8) is 0 Å². The molecule has 0 bridgehead atoms. The SMILES string of the molecule is NC1C(=O)N2C(C(=O)OC(c3ccccc3)c3ccccc3)=C(Cc3cnc(Sc4ccccc4)s3)CSC12. The number of β-lactam (4-membered cyclic amide) rings is 1. The number of fused-ring (bicyclic) bond motifs is 1. The monoisotopic (exact) mass is 571 g/mol. The first kappa shape index (κ1) is 25.9. The number of thioether (sulfide) groups is 1. The van der Waals surface area contributed by atoms with Gasteiger partial charge in [-0.2, -0.15) is 0 Å². The molecule has 6 rings (SSSR count). The van der Waals surface area contributed by atoms with Gasteiger partial charge in [0, 0.05) is 28.1 Å². The molecule has 2 aliphatic rings. The maximum Gasteiger partial charge on any atom is 0.356 e. The second-order valence-electron chi connectivity index (χ2n) is 9.18. The summed E-state index contributed by atoms with van der Waals surface area (Å²) in [5, 5.41) is -0.263. The number of benzene rings is 3. The van der Waals surface area contributed by atoms with E-state index < -0.39 is 18.1 Å². The van der Waals surface area contributed by atoms with Crippen molar-refractivity contribution in [2.24, 2.45) is 5.73 Å². The highest BCUT2D eigenvalue weighted by Crippen LogP contribution is 2.42. The molecule has 6 nitrogen and oxygen atoms in total. The number of rotatable bonds is 8. The van der Waals surface area contributed by atoms with E-state index in [1.165, 1.54) is 4.90 Å².